The molecule has 0 bridgehead atoms. The van der Waals surface area contributed by atoms with E-state index in [-0.39, 0.29) is 24.8 Å². The number of sulfonamides is 1. The van der Waals surface area contributed by atoms with Crippen LogP contribution in [0.25, 0.3) is 0 Å². The molecule has 0 aromatic heterocycles. The Kier molecular flexibility index (Phi) is 7.89. The highest BCUT2D eigenvalue weighted by Gasteiger charge is 2.18. The quantitative estimate of drug-likeness (QED) is 0.695. The van der Waals surface area contributed by atoms with Crippen LogP contribution < -0.4 is 14.9 Å². The largest absolute Gasteiger partial charge is 0.356 e. The molecule has 0 spiro atoms. The van der Waals surface area contributed by atoms with Gasteiger partial charge >= 0.3 is 0 Å². The maximum Gasteiger partial charge on any atom is 0.232 e. The van der Waals surface area contributed by atoms with Gasteiger partial charge < -0.3 is 10.6 Å². The van der Waals surface area contributed by atoms with Crippen molar-refractivity contribution in [2.24, 2.45) is 5.92 Å². The highest BCUT2D eigenvalue weighted by molar-refractivity contribution is 7.92. The van der Waals surface area contributed by atoms with Gasteiger partial charge in [-0.2, -0.15) is 0 Å². The number of nitrogens with one attached hydrogen (secondary N) is 2. The van der Waals surface area contributed by atoms with E-state index in [2.05, 4.69) is 24.5 Å². The summed E-state index contributed by atoms with van der Waals surface area (Å²) in [6.07, 6.45) is 2.07. The fraction of sp³-hybridized carbons (Fsp3) is 0.529. The summed E-state index contributed by atoms with van der Waals surface area (Å²) in [5.41, 5.74) is 1.03. The number of hydrogen-bond donors (Lipinski definition) is 2. The Labute approximate surface area is 149 Å². The van der Waals surface area contributed by atoms with E-state index in [0.29, 0.717) is 23.8 Å². The fourth-order valence-corrected chi connectivity index (χ4v) is 3.12. The number of amides is 2. The van der Waals surface area contributed by atoms with E-state index in [0.717, 1.165) is 12.7 Å². The zero-order valence-electron chi connectivity index (χ0n) is 15.2. The maximum absolute atomic E-state index is 12.0. The molecule has 0 fully saturated rings. The Morgan fingerprint density at radius 3 is 2.24 bits per heavy atom. The van der Waals surface area contributed by atoms with Crippen LogP contribution >= 0.6 is 0 Å². The molecule has 0 heterocycles. The molecule has 0 saturated heterocycles. The van der Waals surface area contributed by atoms with Crippen LogP contribution in [0.4, 0.5) is 11.4 Å². The van der Waals surface area contributed by atoms with Gasteiger partial charge in [0.25, 0.3) is 0 Å². The Morgan fingerprint density at radius 2 is 1.76 bits per heavy atom. The van der Waals surface area contributed by atoms with Crippen LogP contribution in [-0.2, 0) is 19.6 Å². The summed E-state index contributed by atoms with van der Waals surface area (Å²) < 4.78 is 25.3. The second-order valence-corrected chi connectivity index (χ2v) is 8.25. The van der Waals surface area contributed by atoms with Gasteiger partial charge in [0, 0.05) is 32.1 Å². The van der Waals surface area contributed by atoms with Crippen LogP contribution in [0.2, 0.25) is 0 Å². The van der Waals surface area contributed by atoms with E-state index in [1.165, 1.54) is 11.2 Å². The monoisotopic (exact) mass is 369 g/mol. The van der Waals surface area contributed by atoms with Gasteiger partial charge in [-0.05, 0) is 36.6 Å². The van der Waals surface area contributed by atoms with Crippen LogP contribution in [0.15, 0.2) is 24.3 Å². The Morgan fingerprint density at radius 1 is 1.16 bits per heavy atom. The standard InChI is InChI=1S/C17H27N3O4S/c1-13(2)9-11-18-17(22)10-12-20(25(4,23)24)16-7-5-15(6-8-16)19-14(3)21/h5-8,13H,9-12H2,1-4H3,(H,18,22)(H,19,21). The molecule has 0 aliphatic heterocycles. The van der Waals surface area contributed by atoms with Crippen molar-refractivity contribution < 1.29 is 18.0 Å². The molecule has 1 aromatic carbocycles. The van der Waals surface area contributed by atoms with Gasteiger partial charge in [-0.1, -0.05) is 13.8 Å². The normalized spacial score (nSPS) is 11.2. The number of nitrogens with zero attached hydrogens (tertiary/aromatic N) is 1. The van der Waals surface area contributed by atoms with Crippen LogP contribution in [0, 0.1) is 5.92 Å². The SMILES string of the molecule is CC(=O)Nc1ccc(N(CCC(=O)NCCC(C)C)S(C)(=O)=O)cc1. The van der Waals surface area contributed by atoms with Gasteiger partial charge in [-0.15, -0.1) is 0 Å². The highest BCUT2D eigenvalue weighted by Crippen LogP contribution is 2.20. The number of rotatable bonds is 9. The summed E-state index contributed by atoms with van der Waals surface area (Å²) >= 11 is 0. The third kappa shape index (κ3) is 8.02. The van der Waals surface area contributed by atoms with Gasteiger partial charge in [0.05, 0.1) is 11.9 Å². The first-order valence-electron chi connectivity index (χ1n) is 8.21. The highest BCUT2D eigenvalue weighted by atomic mass is 32.2. The van der Waals surface area contributed by atoms with Gasteiger partial charge in [-0.25, -0.2) is 8.42 Å². The molecule has 0 aliphatic carbocycles. The van der Waals surface area contributed by atoms with Crippen molar-refractivity contribution >= 4 is 33.2 Å². The van der Waals surface area contributed by atoms with E-state index in [9.17, 15) is 18.0 Å². The van der Waals surface area contributed by atoms with Crippen LogP contribution in [0.3, 0.4) is 0 Å². The maximum atomic E-state index is 12.0. The van der Waals surface area contributed by atoms with E-state index in [4.69, 9.17) is 0 Å². The Balaban J connectivity index is 2.72. The average molecular weight is 369 g/mol. The molecule has 0 saturated carbocycles. The smallest absolute Gasteiger partial charge is 0.232 e. The number of carbonyl (C=O) groups is 2. The molecule has 2 N–H and O–H groups in total. The number of carbonyl (C=O) groups excluding carboxylic acids is 2. The summed E-state index contributed by atoms with van der Waals surface area (Å²) in [5, 5.41) is 5.42. The van der Waals surface area contributed by atoms with Crippen molar-refractivity contribution in [3.05, 3.63) is 24.3 Å². The predicted octanol–water partition coefficient (Wildman–Crippen LogP) is 1.96. The molecule has 140 valence electrons. The van der Waals surface area contributed by atoms with Gasteiger partial charge in [0.2, 0.25) is 21.8 Å². The molecule has 0 aliphatic rings. The van der Waals surface area contributed by atoms with Crippen molar-refractivity contribution in [3.8, 4) is 0 Å². The third-order valence-electron chi connectivity index (χ3n) is 3.46. The minimum atomic E-state index is -3.52. The summed E-state index contributed by atoms with van der Waals surface area (Å²) in [7, 11) is -3.52. The van der Waals surface area contributed by atoms with Gasteiger partial charge in [0.1, 0.15) is 0 Å². The zero-order chi connectivity index (χ0) is 19.0. The first-order valence-corrected chi connectivity index (χ1v) is 10.1. The number of benzene rings is 1. The molecule has 1 aromatic rings. The minimum absolute atomic E-state index is 0.0613. The van der Waals surface area contributed by atoms with E-state index >= 15 is 0 Å². The second-order valence-electron chi connectivity index (χ2n) is 6.35. The van der Waals surface area contributed by atoms with Crippen LogP contribution in [0.5, 0.6) is 0 Å². The molecular weight excluding hydrogens is 342 g/mol. The first kappa shape index (κ1) is 21.0. The third-order valence-corrected chi connectivity index (χ3v) is 4.66. The molecule has 2 amide bonds. The number of anilines is 2. The molecule has 25 heavy (non-hydrogen) atoms. The van der Waals surface area contributed by atoms with Crippen molar-refractivity contribution in [2.75, 3.05) is 29.0 Å². The molecule has 0 unspecified atom stereocenters. The molecule has 0 atom stereocenters. The molecule has 7 nitrogen and oxygen atoms in total. The second kappa shape index (κ2) is 9.41. The van der Waals surface area contributed by atoms with Gasteiger partial charge in [-0.3, -0.25) is 13.9 Å². The van der Waals surface area contributed by atoms with Crippen LogP contribution in [0.1, 0.15) is 33.6 Å². The van der Waals surface area contributed by atoms with Crippen molar-refractivity contribution in [1.29, 1.82) is 0 Å². The van der Waals surface area contributed by atoms with E-state index < -0.39 is 10.0 Å². The summed E-state index contributed by atoms with van der Waals surface area (Å²) in [6.45, 7) is 6.19. The lowest BCUT2D eigenvalue weighted by atomic mass is 10.1. The molecular formula is C17H27N3O4S. The van der Waals surface area contributed by atoms with Gasteiger partial charge in [0.15, 0.2) is 0 Å². The van der Waals surface area contributed by atoms with Crippen LogP contribution in [-0.4, -0.2) is 39.6 Å². The predicted molar refractivity (Wildman–Crippen MR) is 100 cm³/mol. The minimum Gasteiger partial charge on any atom is -0.356 e. The number of hydrogen-bond acceptors (Lipinski definition) is 4. The fourth-order valence-electron chi connectivity index (χ4n) is 2.19. The molecule has 1 rings (SSSR count). The summed E-state index contributed by atoms with van der Waals surface area (Å²) in [6, 6.07) is 6.45. The van der Waals surface area contributed by atoms with Crippen molar-refractivity contribution in [1.82, 2.24) is 5.32 Å². The van der Waals surface area contributed by atoms with Crippen molar-refractivity contribution in [2.45, 2.75) is 33.6 Å². The first-order chi connectivity index (χ1) is 11.6. The molecule has 0 radical (unpaired) electrons. The Bertz CT molecular complexity index is 684. The Hall–Kier alpha value is -2.09. The van der Waals surface area contributed by atoms with Crippen molar-refractivity contribution in [3.63, 3.8) is 0 Å². The van der Waals surface area contributed by atoms with E-state index in [1.54, 1.807) is 24.3 Å². The summed E-state index contributed by atoms with van der Waals surface area (Å²) in [5.74, 6) is 0.116. The lowest BCUT2D eigenvalue weighted by Crippen LogP contribution is -2.35. The average Bonchev–Trinajstić information content (AvgIpc) is 2.46. The lowest BCUT2D eigenvalue weighted by molar-refractivity contribution is -0.121. The molecule has 8 heteroatoms. The summed E-state index contributed by atoms with van der Waals surface area (Å²) in [4.78, 5) is 22.9. The van der Waals surface area contributed by atoms with E-state index in [1.807, 2.05) is 0 Å². The topological polar surface area (TPSA) is 95.6 Å². The zero-order valence-corrected chi connectivity index (χ0v) is 16.0. The lowest BCUT2D eigenvalue weighted by Gasteiger charge is -2.22.